The maximum atomic E-state index is 13.1. The Bertz CT molecular complexity index is 1050. The molecule has 0 radical (unpaired) electrons. The predicted molar refractivity (Wildman–Crippen MR) is 98.9 cm³/mol. The molecule has 6 nitrogen and oxygen atoms in total. The SMILES string of the molecule is C[C@]1(c2ccc3c(c2)CCC3)NC(=O)N(Cc2nc3ccccc3o2)C1=O. The highest BCUT2D eigenvalue weighted by Gasteiger charge is 2.49. The third-order valence-electron chi connectivity index (χ3n) is 5.58. The molecule has 1 fully saturated rings. The number of nitrogens with zero attached hydrogens (tertiary/aromatic N) is 2. The zero-order valence-corrected chi connectivity index (χ0v) is 15.0. The van der Waals surface area contributed by atoms with E-state index in [0.29, 0.717) is 17.0 Å². The van der Waals surface area contributed by atoms with Crippen LogP contribution < -0.4 is 5.32 Å². The van der Waals surface area contributed by atoms with Gasteiger partial charge in [0.1, 0.15) is 17.6 Å². The second-order valence-electron chi connectivity index (χ2n) is 7.36. The van der Waals surface area contributed by atoms with Crippen molar-refractivity contribution in [1.82, 2.24) is 15.2 Å². The van der Waals surface area contributed by atoms with Crippen molar-refractivity contribution in [3.63, 3.8) is 0 Å². The predicted octanol–water partition coefficient (Wildman–Crippen LogP) is 3.28. The third kappa shape index (κ3) is 2.44. The minimum atomic E-state index is -1.07. The number of amides is 3. The number of hydrogen-bond donors (Lipinski definition) is 1. The molecule has 27 heavy (non-hydrogen) atoms. The van der Waals surface area contributed by atoms with Gasteiger partial charge < -0.3 is 9.73 Å². The van der Waals surface area contributed by atoms with Crippen molar-refractivity contribution in [2.75, 3.05) is 0 Å². The number of aromatic nitrogens is 1. The molecule has 2 aromatic carbocycles. The number of carbonyl (C=O) groups excluding carboxylic acids is 2. The van der Waals surface area contributed by atoms with Gasteiger partial charge >= 0.3 is 6.03 Å². The van der Waals surface area contributed by atoms with E-state index in [0.717, 1.165) is 24.8 Å². The van der Waals surface area contributed by atoms with E-state index < -0.39 is 11.6 Å². The van der Waals surface area contributed by atoms with E-state index in [4.69, 9.17) is 4.42 Å². The number of urea groups is 1. The van der Waals surface area contributed by atoms with Crippen molar-refractivity contribution in [3.8, 4) is 0 Å². The van der Waals surface area contributed by atoms with E-state index >= 15 is 0 Å². The minimum Gasteiger partial charge on any atom is -0.439 e. The van der Waals surface area contributed by atoms with Gasteiger partial charge in [0.25, 0.3) is 5.91 Å². The molecule has 6 heteroatoms. The molecule has 2 heterocycles. The van der Waals surface area contributed by atoms with Gasteiger partial charge in [0.2, 0.25) is 5.89 Å². The lowest BCUT2D eigenvalue weighted by Gasteiger charge is -2.23. The van der Waals surface area contributed by atoms with Crippen LogP contribution in [0.15, 0.2) is 46.9 Å². The molecule has 3 aromatic rings. The van der Waals surface area contributed by atoms with E-state index in [1.165, 1.54) is 16.0 Å². The fraction of sp³-hybridized carbons (Fsp3) is 0.286. The van der Waals surface area contributed by atoms with Gasteiger partial charge in [-0.05, 0) is 55.0 Å². The van der Waals surface area contributed by atoms with Crippen LogP contribution in [-0.2, 0) is 29.7 Å². The van der Waals surface area contributed by atoms with Crippen LogP contribution in [0, 0.1) is 0 Å². The summed E-state index contributed by atoms with van der Waals surface area (Å²) in [5.41, 5.74) is 3.71. The lowest BCUT2D eigenvalue weighted by atomic mass is 9.90. The van der Waals surface area contributed by atoms with Crippen LogP contribution >= 0.6 is 0 Å². The lowest BCUT2D eigenvalue weighted by Crippen LogP contribution is -2.41. The van der Waals surface area contributed by atoms with Crippen LogP contribution in [0.25, 0.3) is 11.1 Å². The monoisotopic (exact) mass is 361 g/mol. The van der Waals surface area contributed by atoms with Crippen molar-refractivity contribution in [2.24, 2.45) is 0 Å². The first-order chi connectivity index (χ1) is 13.0. The number of nitrogens with one attached hydrogen (secondary N) is 1. The molecule has 1 saturated heterocycles. The first-order valence-corrected chi connectivity index (χ1v) is 9.15. The van der Waals surface area contributed by atoms with Gasteiger partial charge in [-0.15, -0.1) is 0 Å². The van der Waals surface area contributed by atoms with E-state index in [-0.39, 0.29) is 12.5 Å². The zero-order valence-electron chi connectivity index (χ0n) is 15.0. The lowest BCUT2D eigenvalue weighted by molar-refractivity contribution is -0.131. The summed E-state index contributed by atoms with van der Waals surface area (Å²) in [6.07, 6.45) is 3.24. The fourth-order valence-electron chi connectivity index (χ4n) is 4.04. The van der Waals surface area contributed by atoms with Gasteiger partial charge in [-0.25, -0.2) is 9.78 Å². The summed E-state index contributed by atoms with van der Waals surface area (Å²) in [5, 5.41) is 2.86. The Balaban J connectivity index is 1.45. The number of rotatable bonds is 3. The Morgan fingerprint density at radius 3 is 2.81 bits per heavy atom. The number of aryl methyl sites for hydroxylation is 2. The van der Waals surface area contributed by atoms with Gasteiger partial charge in [-0.1, -0.05) is 30.3 Å². The maximum Gasteiger partial charge on any atom is 0.325 e. The Morgan fingerprint density at radius 1 is 1.15 bits per heavy atom. The topological polar surface area (TPSA) is 75.4 Å². The van der Waals surface area contributed by atoms with Crippen LogP contribution in [0.3, 0.4) is 0 Å². The number of hydrogen-bond acceptors (Lipinski definition) is 4. The molecule has 1 aromatic heterocycles. The highest BCUT2D eigenvalue weighted by molar-refractivity contribution is 6.07. The first kappa shape index (κ1) is 16.1. The van der Waals surface area contributed by atoms with Gasteiger partial charge in [0.15, 0.2) is 5.58 Å². The molecule has 136 valence electrons. The van der Waals surface area contributed by atoms with Crippen molar-refractivity contribution >= 4 is 23.0 Å². The number of imide groups is 1. The van der Waals surface area contributed by atoms with Crippen LogP contribution in [0.4, 0.5) is 4.79 Å². The van der Waals surface area contributed by atoms with E-state index in [9.17, 15) is 9.59 Å². The van der Waals surface area contributed by atoms with Crippen LogP contribution in [-0.4, -0.2) is 21.8 Å². The maximum absolute atomic E-state index is 13.1. The summed E-state index contributed by atoms with van der Waals surface area (Å²) in [4.78, 5) is 31.2. The first-order valence-electron chi connectivity index (χ1n) is 9.15. The summed E-state index contributed by atoms with van der Waals surface area (Å²) in [7, 11) is 0. The number of fused-ring (bicyclic) bond motifs is 2. The highest BCUT2D eigenvalue weighted by Crippen LogP contribution is 2.33. The fourth-order valence-corrected chi connectivity index (χ4v) is 4.04. The van der Waals surface area contributed by atoms with Gasteiger partial charge in [-0.2, -0.15) is 0 Å². The molecular weight excluding hydrogens is 342 g/mol. The van der Waals surface area contributed by atoms with Gasteiger partial charge in [0, 0.05) is 0 Å². The summed E-state index contributed by atoms with van der Waals surface area (Å²) in [5.74, 6) is 0.0607. The summed E-state index contributed by atoms with van der Waals surface area (Å²) >= 11 is 0. The van der Waals surface area contributed by atoms with Crippen molar-refractivity contribution in [3.05, 3.63) is 65.0 Å². The zero-order chi connectivity index (χ0) is 18.6. The van der Waals surface area contributed by atoms with E-state index in [2.05, 4.69) is 22.4 Å². The van der Waals surface area contributed by atoms with Crippen LogP contribution in [0.1, 0.15) is 35.9 Å². The second-order valence-corrected chi connectivity index (χ2v) is 7.36. The molecule has 1 atom stereocenters. The Labute approximate surface area is 156 Å². The van der Waals surface area contributed by atoms with Crippen LogP contribution in [0.2, 0.25) is 0 Å². The third-order valence-corrected chi connectivity index (χ3v) is 5.58. The molecule has 0 unspecified atom stereocenters. The molecule has 1 aliphatic heterocycles. The second kappa shape index (κ2) is 5.67. The number of para-hydroxylation sites is 2. The van der Waals surface area contributed by atoms with Gasteiger partial charge in [0.05, 0.1) is 0 Å². The molecule has 0 spiro atoms. The van der Waals surface area contributed by atoms with Crippen molar-refractivity contribution < 1.29 is 14.0 Å². The molecule has 0 bridgehead atoms. The molecular formula is C21H19N3O3. The summed E-state index contributed by atoms with van der Waals surface area (Å²) < 4.78 is 5.68. The molecule has 1 aliphatic carbocycles. The normalized spacial score (nSPS) is 21.7. The highest BCUT2D eigenvalue weighted by atomic mass is 16.3. The van der Waals surface area contributed by atoms with Crippen molar-refractivity contribution in [2.45, 2.75) is 38.3 Å². The average molecular weight is 361 g/mol. The molecule has 5 rings (SSSR count). The smallest absolute Gasteiger partial charge is 0.325 e. The standard InChI is InChI=1S/C21H19N3O3/c1-21(15-10-9-13-5-4-6-14(13)11-15)19(25)24(20(26)23-21)12-18-22-16-7-2-3-8-17(16)27-18/h2-3,7-11H,4-6,12H2,1H3,(H,23,26)/t21-/m1/s1. The van der Waals surface area contributed by atoms with E-state index in [1.807, 2.05) is 30.3 Å². The number of oxazole rings is 1. The molecule has 1 N–H and O–H groups in total. The number of benzene rings is 2. The Morgan fingerprint density at radius 2 is 1.96 bits per heavy atom. The Kier molecular flexibility index (Phi) is 3.37. The molecule has 3 amide bonds. The van der Waals surface area contributed by atoms with Crippen LogP contribution in [0.5, 0.6) is 0 Å². The number of carbonyl (C=O) groups is 2. The van der Waals surface area contributed by atoms with Crippen molar-refractivity contribution in [1.29, 1.82) is 0 Å². The average Bonchev–Trinajstić information content (AvgIpc) is 3.34. The minimum absolute atomic E-state index is 0.0138. The van der Waals surface area contributed by atoms with Gasteiger partial charge in [-0.3, -0.25) is 9.69 Å². The quantitative estimate of drug-likeness (QED) is 0.727. The summed E-state index contributed by atoms with van der Waals surface area (Å²) in [6, 6.07) is 13.0. The van der Waals surface area contributed by atoms with E-state index in [1.54, 1.807) is 6.92 Å². The Hall–Kier alpha value is -3.15. The molecule has 2 aliphatic rings. The largest absolute Gasteiger partial charge is 0.439 e. The summed E-state index contributed by atoms with van der Waals surface area (Å²) in [6.45, 7) is 1.77. The molecule has 0 saturated carbocycles.